The van der Waals surface area contributed by atoms with Crippen molar-refractivity contribution in [2.45, 2.75) is 31.4 Å². The molecule has 0 heterocycles. The molecule has 1 unspecified atom stereocenters. The number of carboxylic acids is 1. The summed E-state index contributed by atoms with van der Waals surface area (Å²) < 4.78 is 0. The lowest BCUT2D eigenvalue weighted by atomic mass is 10.0. The highest BCUT2D eigenvalue weighted by Crippen LogP contribution is 2.38. The highest BCUT2D eigenvalue weighted by atomic mass is 32.2. The number of ketones is 1. The first kappa shape index (κ1) is 13.9. The van der Waals surface area contributed by atoms with Gasteiger partial charge in [-0.1, -0.05) is 30.3 Å². The molecule has 1 aliphatic carbocycles. The van der Waals surface area contributed by atoms with Crippen LogP contribution in [0, 0.1) is 0 Å². The topological polar surface area (TPSA) is 54.4 Å². The molecule has 0 amide bonds. The van der Waals surface area contributed by atoms with E-state index in [9.17, 15) is 9.59 Å². The lowest BCUT2D eigenvalue weighted by Gasteiger charge is -2.15. The van der Waals surface area contributed by atoms with Crippen LogP contribution in [0.25, 0.3) is 0 Å². The van der Waals surface area contributed by atoms with Gasteiger partial charge in [-0.05, 0) is 24.5 Å². The Labute approximate surface area is 116 Å². The fraction of sp³-hybridized carbons (Fsp3) is 0.333. The highest BCUT2D eigenvalue weighted by Gasteiger charge is 2.20. The third-order valence-corrected chi connectivity index (χ3v) is 4.37. The molecule has 0 radical (unpaired) electrons. The van der Waals surface area contributed by atoms with Crippen molar-refractivity contribution in [2.75, 3.05) is 0 Å². The molecule has 0 fully saturated rings. The summed E-state index contributed by atoms with van der Waals surface area (Å²) in [7, 11) is 0. The lowest BCUT2D eigenvalue weighted by Crippen LogP contribution is -2.05. The SMILES string of the molecule is CC(SC1=CCCC1=O)c1ccccc1CC(=O)O. The lowest BCUT2D eigenvalue weighted by molar-refractivity contribution is -0.136. The van der Waals surface area contributed by atoms with Crippen LogP contribution in [0.1, 0.15) is 36.1 Å². The van der Waals surface area contributed by atoms with Gasteiger partial charge in [0.25, 0.3) is 0 Å². The van der Waals surface area contributed by atoms with Gasteiger partial charge in [-0.25, -0.2) is 0 Å². The Morgan fingerprint density at radius 2 is 2.16 bits per heavy atom. The Kier molecular flexibility index (Phi) is 4.43. The maximum atomic E-state index is 11.6. The van der Waals surface area contributed by atoms with Gasteiger partial charge >= 0.3 is 5.97 Å². The minimum Gasteiger partial charge on any atom is -0.481 e. The summed E-state index contributed by atoms with van der Waals surface area (Å²) in [5, 5.41) is 9.01. The van der Waals surface area contributed by atoms with Crippen molar-refractivity contribution in [3.05, 3.63) is 46.4 Å². The van der Waals surface area contributed by atoms with Crippen LogP contribution in [-0.2, 0) is 16.0 Å². The first-order valence-corrected chi connectivity index (χ1v) is 7.15. The molecule has 0 saturated heterocycles. The molecule has 1 aliphatic rings. The van der Waals surface area contributed by atoms with Crippen LogP contribution < -0.4 is 0 Å². The van der Waals surface area contributed by atoms with Gasteiger partial charge in [0.2, 0.25) is 0 Å². The second kappa shape index (κ2) is 6.06. The van der Waals surface area contributed by atoms with E-state index in [-0.39, 0.29) is 17.5 Å². The Hall–Kier alpha value is -1.55. The van der Waals surface area contributed by atoms with Crippen LogP contribution in [0.2, 0.25) is 0 Å². The summed E-state index contributed by atoms with van der Waals surface area (Å²) in [4.78, 5) is 23.3. The Morgan fingerprint density at radius 3 is 2.79 bits per heavy atom. The van der Waals surface area contributed by atoms with Gasteiger partial charge in [-0.2, -0.15) is 0 Å². The smallest absolute Gasteiger partial charge is 0.307 e. The summed E-state index contributed by atoms with van der Waals surface area (Å²) in [5.41, 5.74) is 1.82. The number of Topliss-reactive ketones (excluding diaryl/α,β-unsaturated/α-hetero) is 1. The maximum Gasteiger partial charge on any atom is 0.307 e. The van der Waals surface area contributed by atoms with Crippen molar-refractivity contribution in [3.8, 4) is 0 Å². The van der Waals surface area contributed by atoms with Crippen molar-refractivity contribution in [1.29, 1.82) is 0 Å². The first-order valence-electron chi connectivity index (χ1n) is 6.27. The van der Waals surface area contributed by atoms with E-state index in [1.807, 2.05) is 37.3 Å². The molecule has 2 rings (SSSR count). The fourth-order valence-electron chi connectivity index (χ4n) is 2.19. The number of aliphatic carboxylic acids is 1. The largest absolute Gasteiger partial charge is 0.481 e. The number of carboxylic acid groups (broad SMARTS) is 1. The Morgan fingerprint density at radius 1 is 1.42 bits per heavy atom. The summed E-state index contributed by atoms with van der Waals surface area (Å²) in [6, 6.07) is 7.53. The molecule has 1 atom stereocenters. The standard InChI is InChI=1S/C15H16O3S/c1-10(19-14-8-4-7-13(14)16)12-6-3-2-5-11(12)9-15(17)18/h2-3,5-6,8,10H,4,7,9H2,1H3,(H,17,18). The zero-order chi connectivity index (χ0) is 13.8. The van der Waals surface area contributed by atoms with Crippen molar-refractivity contribution >= 4 is 23.5 Å². The zero-order valence-electron chi connectivity index (χ0n) is 10.8. The number of carbonyl (C=O) groups excluding carboxylic acids is 1. The minimum absolute atomic E-state index is 0.0219. The van der Waals surface area contributed by atoms with E-state index in [4.69, 9.17) is 5.11 Å². The van der Waals surface area contributed by atoms with E-state index in [1.165, 1.54) is 11.8 Å². The molecular weight excluding hydrogens is 260 g/mol. The van der Waals surface area contributed by atoms with Crippen LogP contribution in [0.5, 0.6) is 0 Å². The molecule has 1 N–H and O–H groups in total. The second-order valence-corrected chi connectivity index (χ2v) is 5.94. The Balaban J connectivity index is 2.16. The predicted octanol–water partition coefficient (Wildman–Crippen LogP) is 3.35. The molecule has 100 valence electrons. The minimum atomic E-state index is -0.833. The summed E-state index contributed by atoms with van der Waals surface area (Å²) in [6.07, 6.45) is 3.42. The molecule has 0 saturated carbocycles. The molecule has 0 aliphatic heterocycles. The van der Waals surface area contributed by atoms with Crippen molar-refractivity contribution in [3.63, 3.8) is 0 Å². The van der Waals surface area contributed by atoms with Crippen LogP contribution in [-0.4, -0.2) is 16.9 Å². The molecule has 0 spiro atoms. The van der Waals surface area contributed by atoms with Gasteiger partial charge in [0, 0.05) is 16.6 Å². The van der Waals surface area contributed by atoms with Gasteiger partial charge in [0.1, 0.15) is 0 Å². The van der Waals surface area contributed by atoms with Gasteiger partial charge < -0.3 is 5.11 Å². The third kappa shape index (κ3) is 3.47. The quantitative estimate of drug-likeness (QED) is 0.896. The molecule has 0 bridgehead atoms. The average molecular weight is 276 g/mol. The highest BCUT2D eigenvalue weighted by molar-refractivity contribution is 8.04. The van der Waals surface area contributed by atoms with Gasteiger partial charge in [-0.15, -0.1) is 11.8 Å². The molecular formula is C15H16O3S. The number of rotatable bonds is 5. The number of benzene rings is 1. The second-order valence-electron chi connectivity index (χ2n) is 4.56. The number of thioether (sulfide) groups is 1. The third-order valence-electron chi connectivity index (χ3n) is 3.11. The molecule has 3 nitrogen and oxygen atoms in total. The van der Waals surface area contributed by atoms with E-state index in [0.717, 1.165) is 22.5 Å². The number of hydrogen-bond acceptors (Lipinski definition) is 3. The van der Waals surface area contributed by atoms with Crippen molar-refractivity contribution in [1.82, 2.24) is 0 Å². The molecule has 1 aromatic rings. The zero-order valence-corrected chi connectivity index (χ0v) is 11.6. The van der Waals surface area contributed by atoms with Gasteiger partial charge in [-0.3, -0.25) is 9.59 Å². The average Bonchev–Trinajstić information content (AvgIpc) is 2.75. The Bertz CT molecular complexity index is 534. The molecule has 19 heavy (non-hydrogen) atoms. The first-order chi connectivity index (χ1) is 9.08. The normalized spacial score (nSPS) is 16.3. The van der Waals surface area contributed by atoms with Crippen LogP contribution in [0.15, 0.2) is 35.2 Å². The summed E-state index contributed by atoms with van der Waals surface area (Å²) >= 11 is 1.53. The van der Waals surface area contributed by atoms with E-state index in [1.54, 1.807) is 0 Å². The fourth-order valence-corrected chi connectivity index (χ4v) is 3.38. The predicted molar refractivity (Wildman–Crippen MR) is 76.1 cm³/mol. The number of carbonyl (C=O) groups is 2. The molecule has 0 aromatic heterocycles. The monoisotopic (exact) mass is 276 g/mol. The van der Waals surface area contributed by atoms with E-state index >= 15 is 0 Å². The van der Waals surface area contributed by atoms with E-state index < -0.39 is 5.97 Å². The van der Waals surface area contributed by atoms with Crippen LogP contribution in [0.4, 0.5) is 0 Å². The summed E-state index contributed by atoms with van der Waals surface area (Å²) in [5.74, 6) is -0.631. The molecule has 4 heteroatoms. The van der Waals surface area contributed by atoms with Gasteiger partial charge in [0.05, 0.1) is 6.42 Å². The molecule has 1 aromatic carbocycles. The van der Waals surface area contributed by atoms with Crippen LogP contribution >= 0.6 is 11.8 Å². The van der Waals surface area contributed by atoms with E-state index in [2.05, 4.69) is 0 Å². The van der Waals surface area contributed by atoms with Crippen molar-refractivity contribution in [2.24, 2.45) is 0 Å². The maximum absolute atomic E-state index is 11.6. The summed E-state index contributed by atoms with van der Waals surface area (Å²) in [6.45, 7) is 2.01. The van der Waals surface area contributed by atoms with Crippen molar-refractivity contribution < 1.29 is 14.7 Å². The number of allylic oxidation sites excluding steroid dienone is 2. The van der Waals surface area contributed by atoms with Gasteiger partial charge in [0.15, 0.2) is 5.78 Å². The van der Waals surface area contributed by atoms with E-state index in [0.29, 0.717) is 6.42 Å². The van der Waals surface area contributed by atoms with Crippen LogP contribution in [0.3, 0.4) is 0 Å². The number of hydrogen-bond donors (Lipinski definition) is 1.